The molecule has 2 aromatic rings. The number of carbonyl (C=O) groups is 1. The highest BCUT2D eigenvalue weighted by molar-refractivity contribution is 5.85. The summed E-state index contributed by atoms with van der Waals surface area (Å²) in [7, 11) is 0. The molecule has 4 nitrogen and oxygen atoms in total. The second-order valence-corrected chi connectivity index (χ2v) is 9.78. The zero-order valence-electron chi connectivity index (χ0n) is 21.0. The quantitative estimate of drug-likeness (QED) is 0.445. The van der Waals surface area contributed by atoms with Gasteiger partial charge in [-0.3, -0.25) is 9.69 Å². The first-order chi connectivity index (χ1) is 16.5. The van der Waals surface area contributed by atoms with Gasteiger partial charge in [-0.2, -0.15) is 0 Å². The Hall–Kier alpha value is -1.73. The van der Waals surface area contributed by atoms with Crippen molar-refractivity contribution in [2.24, 2.45) is 5.92 Å². The summed E-state index contributed by atoms with van der Waals surface area (Å²) in [5, 5.41) is 3.38. The largest absolute Gasteiger partial charge is 0.337 e. The van der Waals surface area contributed by atoms with Crippen LogP contribution in [-0.2, 0) is 4.79 Å². The Balaban J connectivity index is 0.00000228. The molecule has 8 heteroatoms. The molecule has 2 heterocycles. The van der Waals surface area contributed by atoms with E-state index in [4.69, 9.17) is 0 Å². The molecule has 2 fully saturated rings. The summed E-state index contributed by atoms with van der Waals surface area (Å²) in [5.41, 5.74) is 1.97. The summed E-state index contributed by atoms with van der Waals surface area (Å²) in [6, 6.07) is 13.3. The number of amides is 1. The van der Waals surface area contributed by atoms with Gasteiger partial charge in [-0.15, -0.1) is 24.8 Å². The minimum atomic E-state index is -0.268. The van der Waals surface area contributed by atoms with Crippen molar-refractivity contribution in [2.75, 3.05) is 32.7 Å². The molecule has 0 saturated carbocycles. The SMILES string of the molecule is CCCC[C@H]1CN(C(c2ccc(F)cc2)c2ccc(F)cc2)CCN1C(=O)CC1CCNCC1.Cl.Cl. The van der Waals surface area contributed by atoms with Crippen molar-refractivity contribution in [2.45, 2.75) is 57.5 Å². The molecule has 1 atom stereocenters. The van der Waals surface area contributed by atoms with Crippen molar-refractivity contribution >= 4 is 30.7 Å². The van der Waals surface area contributed by atoms with Gasteiger partial charge in [0.05, 0.1) is 6.04 Å². The lowest BCUT2D eigenvalue weighted by molar-refractivity contribution is -0.138. The van der Waals surface area contributed by atoms with Crippen LogP contribution < -0.4 is 5.32 Å². The van der Waals surface area contributed by atoms with Crippen LogP contribution in [0.5, 0.6) is 0 Å². The molecule has 0 aromatic heterocycles. The third kappa shape index (κ3) is 7.88. The molecule has 0 spiro atoms. The molecule has 0 radical (unpaired) electrons. The molecule has 2 aliphatic rings. The van der Waals surface area contributed by atoms with E-state index in [1.807, 2.05) is 24.3 Å². The third-order valence-corrected chi connectivity index (χ3v) is 7.38. The van der Waals surface area contributed by atoms with Crippen molar-refractivity contribution < 1.29 is 13.6 Å². The zero-order valence-corrected chi connectivity index (χ0v) is 22.6. The van der Waals surface area contributed by atoms with Crippen LogP contribution in [0.3, 0.4) is 0 Å². The molecule has 0 aliphatic carbocycles. The maximum absolute atomic E-state index is 13.7. The Morgan fingerprint density at radius 3 is 2.03 bits per heavy atom. The van der Waals surface area contributed by atoms with Gasteiger partial charge < -0.3 is 10.2 Å². The maximum Gasteiger partial charge on any atom is 0.223 e. The summed E-state index contributed by atoms with van der Waals surface area (Å²) in [6.45, 7) is 6.38. The van der Waals surface area contributed by atoms with Crippen molar-refractivity contribution in [1.82, 2.24) is 15.1 Å². The number of nitrogens with one attached hydrogen (secondary N) is 1. The summed E-state index contributed by atoms with van der Waals surface area (Å²) >= 11 is 0. The van der Waals surface area contributed by atoms with Gasteiger partial charge in [-0.25, -0.2) is 8.78 Å². The van der Waals surface area contributed by atoms with Gasteiger partial charge in [-0.05, 0) is 73.7 Å². The Morgan fingerprint density at radius 2 is 1.50 bits per heavy atom. The Morgan fingerprint density at radius 1 is 0.944 bits per heavy atom. The number of unbranched alkanes of at least 4 members (excludes halogenated alkanes) is 1. The first-order valence-corrected chi connectivity index (χ1v) is 12.8. The highest BCUT2D eigenvalue weighted by atomic mass is 35.5. The predicted molar refractivity (Wildman–Crippen MR) is 146 cm³/mol. The molecule has 4 rings (SSSR count). The van der Waals surface area contributed by atoms with Crippen molar-refractivity contribution in [3.05, 3.63) is 71.3 Å². The molecule has 2 aliphatic heterocycles. The summed E-state index contributed by atoms with van der Waals surface area (Å²) in [5.74, 6) is 0.226. The van der Waals surface area contributed by atoms with E-state index in [0.717, 1.165) is 69.4 Å². The van der Waals surface area contributed by atoms with Crippen molar-refractivity contribution in [3.8, 4) is 0 Å². The second-order valence-electron chi connectivity index (χ2n) is 9.78. The smallest absolute Gasteiger partial charge is 0.223 e. The van der Waals surface area contributed by atoms with E-state index in [2.05, 4.69) is 22.0 Å². The van der Waals surface area contributed by atoms with E-state index >= 15 is 0 Å². The molecule has 2 aromatic carbocycles. The van der Waals surface area contributed by atoms with Crippen molar-refractivity contribution in [3.63, 3.8) is 0 Å². The van der Waals surface area contributed by atoms with E-state index in [-0.39, 0.29) is 54.4 Å². The monoisotopic (exact) mass is 541 g/mol. The molecule has 36 heavy (non-hydrogen) atoms. The topological polar surface area (TPSA) is 35.6 Å². The number of hydrogen-bond donors (Lipinski definition) is 1. The van der Waals surface area contributed by atoms with Crippen LogP contribution in [-0.4, -0.2) is 54.5 Å². The van der Waals surface area contributed by atoms with Gasteiger partial charge in [0, 0.05) is 32.1 Å². The van der Waals surface area contributed by atoms with Gasteiger partial charge in [0.15, 0.2) is 0 Å². The van der Waals surface area contributed by atoms with Crippen LogP contribution in [0.25, 0.3) is 0 Å². The van der Waals surface area contributed by atoms with E-state index in [9.17, 15) is 13.6 Å². The Labute approximate surface area is 226 Å². The van der Waals surface area contributed by atoms with Crippen LogP contribution >= 0.6 is 24.8 Å². The Kier molecular flexibility index (Phi) is 12.6. The number of hydrogen-bond acceptors (Lipinski definition) is 3. The maximum atomic E-state index is 13.7. The van der Waals surface area contributed by atoms with Gasteiger partial charge in [-0.1, -0.05) is 44.0 Å². The molecule has 1 amide bonds. The van der Waals surface area contributed by atoms with Crippen LogP contribution in [0.2, 0.25) is 0 Å². The van der Waals surface area contributed by atoms with Crippen LogP contribution in [0, 0.1) is 17.6 Å². The highest BCUT2D eigenvalue weighted by Crippen LogP contribution is 2.32. The summed E-state index contributed by atoms with van der Waals surface area (Å²) in [6.07, 6.45) is 5.93. The van der Waals surface area contributed by atoms with Gasteiger partial charge in [0.25, 0.3) is 0 Å². The first kappa shape index (κ1) is 30.5. The lowest BCUT2D eigenvalue weighted by Gasteiger charge is -2.45. The summed E-state index contributed by atoms with van der Waals surface area (Å²) < 4.78 is 27.3. The Bertz CT molecular complexity index is 878. The molecular formula is C28H39Cl2F2N3O. The van der Waals surface area contributed by atoms with E-state index in [0.29, 0.717) is 18.9 Å². The third-order valence-electron chi connectivity index (χ3n) is 7.38. The number of piperidine rings is 1. The second kappa shape index (κ2) is 14.9. The normalized spacial score (nSPS) is 19.0. The fourth-order valence-corrected chi connectivity index (χ4v) is 5.48. The van der Waals surface area contributed by atoms with Gasteiger partial charge in [0.2, 0.25) is 5.91 Å². The minimum absolute atomic E-state index is 0. The molecule has 0 unspecified atom stereocenters. The molecule has 1 N–H and O–H groups in total. The van der Waals surface area contributed by atoms with Crippen LogP contribution in [0.1, 0.15) is 62.6 Å². The average Bonchev–Trinajstić information content (AvgIpc) is 2.86. The first-order valence-electron chi connectivity index (χ1n) is 12.8. The minimum Gasteiger partial charge on any atom is -0.337 e. The molecule has 0 bridgehead atoms. The number of halogens is 4. The molecular weight excluding hydrogens is 503 g/mol. The number of benzene rings is 2. The van der Waals surface area contributed by atoms with E-state index < -0.39 is 0 Å². The number of piperazine rings is 1. The molecule has 2 saturated heterocycles. The average molecular weight is 543 g/mol. The highest BCUT2D eigenvalue weighted by Gasteiger charge is 2.35. The van der Waals surface area contributed by atoms with Gasteiger partial charge in [0.1, 0.15) is 11.6 Å². The molecule has 200 valence electrons. The van der Waals surface area contributed by atoms with E-state index in [1.165, 1.54) is 24.3 Å². The lowest BCUT2D eigenvalue weighted by Crippen LogP contribution is -2.56. The standard InChI is InChI=1S/C28H37F2N3O.2ClH/c1-2-3-4-26-20-32(17-18-33(26)27(34)19-21-13-15-31-16-14-21)28(22-5-9-24(29)10-6-22)23-7-11-25(30)12-8-23;;/h5-12,21,26,28,31H,2-4,13-20H2,1H3;2*1H/t26-;;/m0../s1. The van der Waals surface area contributed by atoms with E-state index in [1.54, 1.807) is 0 Å². The number of rotatable bonds is 8. The fraction of sp³-hybridized carbons (Fsp3) is 0.536. The van der Waals surface area contributed by atoms with Crippen LogP contribution in [0.4, 0.5) is 8.78 Å². The lowest BCUT2D eigenvalue weighted by atomic mass is 9.92. The fourth-order valence-electron chi connectivity index (χ4n) is 5.48. The number of nitrogens with zero attached hydrogens (tertiary/aromatic N) is 2. The zero-order chi connectivity index (χ0) is 23.9. The van der Waals surface area contributed by atoms with Crippen LogP contribution in [0.15, 0.2) is 48.5 Å². The van der Waals surface area contributed by atoms with Crippen molar-refractivity contribution in [1.29, 1.82) is 0 Å². The summed E-state index contributed by atoms with van der Waals surface area (Å²) in [4.78, 5) is 17.8. The predicted octanol–water partition coefficient (Wildman–Crippen LogP) is 5.99. The number of carbonyl (C=O) groups excluding carboxylic acids is 1. The van der Waals surface area contributed by atoms with Gasteiger partial charge >= 0.3 is 0 Å².